The molecule has 2 N–H and O–H groups in total. The van der Waals surface area contributed by atoms with Gasteiger partial charge in [0.1, 0.15) is 12.4 Å². The van der Waals surface area contributed by atoms with E-state index in [2.05, 4.69) is 20.4 Å². The zero-order valence-corrected chi connectivity index (χ0v) is 20.6. The minimum atomic E-state index is -0.873. The van der Waals surface area contributed by atoms with Crippen LogP contribution in [0.25, 0.3) is 5.69 Å². The van der Waals surface area contributed by atoms with Crippen molar-refractivity contribution in [3.8, 4) is 11.4 Å². The number of amides is 2. The van der Waals surface area contributed by atoms with Gasteiger partial charge in [0.25, 0.3) is 0 Å². The first-order valence-electron chi connectivity index (χ1n) is 11.3. The molecule has 0 aliphatic rings. The van der Waals surface area contributed by atoms with E-state index in [0.717, 1.165) is 28.2 Å². The van der Waals surface area contributed by atoms with E-state index in [1.807, 2.05) is 74.5 Å². The molecule has 0 radical (unpaired) electrons. The number of nitrogens with one attached hydrogen (secondary N) is 2. The fourth-order valence-electron chi connectivity index (χ4n) is 3.68. The van der Waals surface area contributed by atoms with Crippen molar-refractivity contribution in [1.82, 2.24) is 9.99 Å². The maximum Gasteiger partial charge on any atom is 0.329 e. The number of hydrazone groups is 1. The highest BCUT2D eigenvalue weighted by atomic mass is 35.5. The van der Waals surface area contributed by atoms with Crippen LogP contribution in [-0.2, 0) is 16.2 Å². The van der Waals surface area contributed by atoms with Crippen molar-refractivity contribution < 1.29 is 14.3 Å². The predicted molar refractivity (Wildman–Crippen MR) is 142 cm³/mol. The molecule has 0 bridgehead atoms. The third-order valence-corrected chi connectivity index (χ3v) is 5.74. The highest BCUT2D eigenvalue weighted by Crippen LogP contribution is 2.21. The monoisotopic (exact) mass is 500 g/mol. The topological polar surface area (TPSA) is 84.7 Å². The van der Waals surface area contributed by atoms with Crippen LogP contribution in [0.1, 0.15) is 22.5 Å². The zero-order chi connectivity index (χ0) is 25.5. The van der Waals surface area contributed by atoms with Crippen molar-refractivity contribution in [2.24, 2.45) is 5.10 Å². The molecule has 0 atom stereocenters. The van der Waals surface area contributed by atoms with Gasteiger partial charge in [-0.15, -0.1) is 0 Å². The van der Waals surface area contributed by atoms with Gasteiger partial charge in [-0.25, -0.2) is 5.43 Å². The molecule has 4 rings (SSSR count). The average molecular weight is 501 g/mol. The van der Waals surface area contributed by atoms with E-state index in [1.54, 1.807) is 24.3 Å². The maximum atomic E-state index is 12.2. The Kier molecular flexibility index (Phi) is 7.82. The van der Waals surface area contributed by atoms with Crippen molar-refractivity contribution in [1.29, 1.82) is 0 Å². The molecule has 0 saturated carbocycles. The van der Waals surface area contributed by atoms with Gasteiger partial charge in [-0.05, 0) is 74.0 Å². The Balaban J connectivity index is 1.30. The number of benzene rings is 3. The molecule has 7 nitrogen and oxygen atoms in total. The minimum Gasteiger partial charge on any atom is -0.489 e. The van der Waals surface area contributed by atoms with Crippen molar-refractivity contribution in [3.05, 3.63) is 112 Å². The molecule has 0 aliphatic heterocycles. The Morgan fingerprint density at radius 1 is 0.944 bits per heavy atom. The number of carbonyl (C=O) groups excluding carboxylic acids is 2. The van der Waals surface area contributed by atoms with E-state index in [0.29, 0.717) is 23.1 Å². The van der Waals surface area contributed by atoms with E-state index < -0.39 is 11.8 Å². The summed E-state index contributed by atoms with van der Waals surface area (Å²) in [5.74, 6) is -1.04. The van der Waals surface area contributed by atoms with Gasteiger partial charge in [-0.2, -0.15) is 5.10 Å². The predicted octanol–water partition coefficient (Wildman–Crippen LogP) is 5.42. The third-order valence-electron chi connectivity index (χ3n) is 5.49. The third kappa shape index (κ3) is 6.20. The molecular formula is C28H25ClN4O3. The van der Waals surface area contributed by atoms with Crippen LogP contribution in [0.3, 0.4) is 0 Å². The van der Waals surface area contributed by atoms with E-state index in [4.69, 9.17) is 16.3 Å². The van der Waals surface area contributed by atoms with Gasteiger partial charge in [0.05, 0.1) is 6.21 Å². The summed E-state index contributed by atoms with van der Waals surface area (Å²) < 4.78 is 7.78. The normalized spacial score (nSPS) is 10.9. The SMILES string of the molecule is Cc1cc(/C=N\NC(=O)C(=O)Nc2ccc(OCc3ccccc3)cc2)c(C)n1-c1ccc(Cl)cc1. The van der Waals surface area contributed by atoms with E-state index >= 15 is 0 Å². The molecule has 0 aliphatic carbocycles. The molecule has 36 heavy (non-hydrogen) atoms. The van der Waals surface area contributed by atoms with Crippen molar-refractivity contribution in [2.75, 3.05) is 5.32 Å². The Morgan fingerprint density at radius 3 is 2.33 bits per heavy atom. The van der Waals surface area contributed by atoms with Crippen LogP contribution in [0.5, 0.6) is 5.75 Å². The van der Waals surface area contributed by atoms with Gasteiger partial charge in [-0.3, -0.25) is 9.59 Å². The maximum absolute atomic E-state index is 12.2. The minimum absolute atomic E-state index is 0.440. The zero-order valence-electron chi connectivity index (χ0n) is 19.9. The molecule has 0 saturated heterocycles. The van der Waals surface area contributed by atoms with Crippen LogP contribution in [0, 0.1) is 13.8 Å². The lowest BCUT2D eigenvalue weighted by Gasteiger charge is -2.09. The van der Waals surface area contributed by atoms with Gasteiger partial charge in [0, 0.05) is 33.3 Å². The van der Waals surface area contributed by atoms with Gasteiger partial charge in [-0.1, -0.05) is 41.9 Å². The number of nitrogens with zero attached hydrogens (tertiary/aromatic N) is 2. The fourth-order valence-corrected chi connectivity index (χ4v) is 3.81. The summed E-state index contributed by atoms with van der Waals surface area (Å²) in [4.78, 5) is 24.4. The highest BCUT2D eigenvalue weighted by Gasteiger charge is 2.14. The summed E-state index contributed by atoms with van der Waals surface area (Å²) in [5.41, 5.74) is 7.51. The van der Waals surface area contributed by atoms with Crippen LogP contribution in [0.4, 0.5) is 5.69 Å². The summed E-state index contributed by atoms with van der Waals surface area (Å²) >= 11 is 5.99. The second-order valence-electron chi connectivity index (χ2n) is 8.09. The lowest BCUT2D eigenvalue weighted by molar-refractivity contribution is -0.136. The molecule has 8 heteroatoms. The first-order chi connectivity index (χ1) is 17.4. The Bertz CT molecular complexity index is 1380. The second kappa shape index (κ2) is 11.4. The molecule has 1 heterocycles. The largest absolute Gasteiger partial charge is 0.489 e. The highest BCUT2D eigenvalue weighted by molar-refractivity contribution is 6.39. The van der Waals surface area contributed by atoms with E-state index in [-0.39, 0.29) is 0 Å². The molecule has 1 aromatic heterocycles. The molecular weight excluding hydrogens is 476 g/mol. The Morgan fingerprint density at radius 2 is 1.64 bits per heavy atom. The van der Waals surface area contributed by atoms with Gasteiger partial charge in [0.2, 0.25) is 0 Å². The quantitative estimate of drug-likeness (QED) is 0.202. The van der Waals surface area contributed by atoms with Crippen molar-refractivity contribution in [2.45, 2.75) is 20.5 Å². The number of aromatic nitrogens is 1. The lowest BCUT2D eigenvalue weighted by atomic mass is 10.2. The fraction of sp³-hybridized carbons (Fsp3) is 0.107. The molecule has 0 unspecified atom stereocenters. The Hall–Kier alpha value is -4.36. The average Bonchev–Trinajstić information content (AvgIpc) is 3.17. The smallest absolute Gasteiger partial charge is 0.329 e. The standard InChI is InChI=1S/C28H25ClN4O3/c1-19-16-22(20(2)33(19)25-12-8-23(29)9-13-25)17-30-32-28(35)27(34)31-24-10-14-26(15-11-24)36-18-21-6-4-3-5-7-21/h3-17H,18H2,1-2H3,(H,31,34)(H,32,35)/b30-17-. The molecule has 0 fully saturated rings. The number of ether oxygens (including phenoxy) is 1. The summed E-state index contributed by atoms with van der Waals surface area (Å²) in [6.45, 7) is 4.36. The molecule has 2 amide bonds. The number of aryl methyl sites for hydroxylation is 1. The second-order valence-corrected chi connectivity index (χ2v) is 8.53. The van der Waals surface area contributed by atoms with Gasteiger partial charge in [0.15, 0.2) is 0 Å². The summed E-state index contributed by atoms with van der Waals surface area (Å²) in [5, 5.41) is 7.16. The van der Waals surface area contributed by atoms with Crippen molar-refractivity contribution >= 4 is 35.3 Å². The number of anilines is 1. The number of hydrogen-bond acceptors (Lipinski definition) is 4. The summed E-state index contributed by atoms with van der Waals surface area (Å²) in [6, 6.07) is 26.1. The number of halogens is 1. The first-order valence-corrected chi connectivity index (χ1v) is 11.6. The number of carbonyl (C=O) groups is 2. The molecule has 3 aromatic carbocycles. The molecule has 0 spiro atoms. The molecule has 182 valence electrons. The number of rotatable bonds is 7. The van der Waals surface area contributed by atoms with Crippen LogP contribution in [0.15, 0.2) is 90.0 Å². The summed E-state index contributed by atoms with van der Waals surface area (Å²) in [6.07, 6.45) is 1.51. The first kappa shape index (κ1) is 24.8. The van der Waals surface area contributed by atoms with Crippen LogP contribution >= 0.6 is 11.6 Å². The van der Waals surface area contributed by atoms with Crippen LogP contribution < -0.4 is 15.5 Å². The van der Waals surface area contributed by atoms with Crippen molar-refractivity contribution in [3.63, 3.8) is 0 Å². The van der Waals surface area contributed by atoms with Gasteiger partial charge >= 0.3 is 11.8 Å². The summed E-state index contributed by atoms with van der Waals surface area (Å²) in [7, 11) is 0. The van der Waals surface area contributed by atoms with Crippen LogP contribution in [-0.4, -0.2) is 22.6 Å². The molecule has 4 aromatic rings. The Labute approximate surface area is 214 Å². The number of hydrogen-bond donors (Lipinski definition) is 2. The van der Waals surface area contributed by atoms with Crippen LogP contribution in [0.2, 0.25) is 5.02 Å². The van der Waals surface area contributed by atoms with Gasteiger partial charge < -0.3 is 14.6 Å². The lowest BCUT2D eigenvalue weighted by Crippen LogP contribution is -2.32. The van der Waals surface area contributed by atoms with E-state index in [9.17, 15) is 9.59 Å². The van der Waals surface area contributed by atoms with E-state index in [1.165, 1.54) is 6.21 Å².